The minimum atomic E-state index is 0. The third-order valence-electron chi connectivity index (χ3n) is 1.60. The minimum absolute atomic E-state index is 0. The second kappa shape index (κ2) is 2.84. The predicted octanol–water partition coefficient (Wildman–Crippen LogP) is 1.23. The second-order valence-electron chi connectivity index (χ2n) is 2.18. The minimum Gasteiger partial charge on any atom is -0.306 e. The van der Waals surface area contributed by atoms with Crippen LogP contribution in [-0.2, 0) is 4.79 Å². The lowest BCUT2D eigenvalue weighted by atomic mass is 10.2. The summed E-state index contributed by atoms with van der Waals surface area (Å²) in [5.41, 5.74) is 0. The van der Waals surface area contributed by atoms with Gasteiger partial charge in [0.1, 0.15) is 0 Å². The number of β-lactam (4-membered cyclic amide) rings is 1. The van der Waals surface area contributed by atoms with Gasteiger partial charge in [-0.2, -0.15) is 0 Å². The van der Waals surface area contributed by atoms with Crippen LogP contribution in [0.15, 0.2) is 12.3 Å². The number of carbonyl (C=O) groups excluding carboxylic acids is 1. The fourth-order valence-corrected chi connectivity index (χ4v) is 2.07. The highest BCUT2D eigenvalue weighted by atomic mass is 35.5. The van der Waals surface area contributed by atoms with Gasteiger partial charge in [0.25, 0.3) is 0 Å². The van der Waals surface area contributed by atoms with Gasteiger partial charge < -0.3 is 4.90 Å². The molecule has 0 saturated carbocycles. The molecule has 1 saturated heterocycles. The molecule has 4 heteroatoms. The van der Waals surface area contributed by atoms with Crippen molar-refractivity contribution in [2.24, 2.45) is 0 Å². The first kappa shape index (κ1) is 7.95. The Balaban J connectivity index is 0.000000500. The molecule has 2 heterocycles. The van der Waals surface area contributed by atoms with Gasteiger partial charge >= 0.3 is 0 Å². The Hall–Kier alpha value is -0.150. The highest BCUT2D eigenvalue weighted by Crippen LogP contribution is 2.32. The summed E-state index contributed by atoms with van der Waals surface area (Å²) in [6, 6.07) is 0. The van der Waals surface area contributed by atoms with Crippen LogP contribution >= 0.6 is 24.2 Å². The van der Waals surface area contributed by atoms with Gasteiger partial charge in [0.05, 0.1) is 11.8 Å². The fourth-order valence-electron chi connectivity index (χ4n) is 1.04. The molecular weight excluding hydrogens is 170 g/mol. The van der Waals surface area contributed by atoms with E-state index >= 15 is 0 Å². The van der Waals surface area contributed by atoms with Crippen LogP contribution in [0.25, 0.3) is 0 Å². The Morgan fingerprint density at radius 2 is 2.50 bits per heavy atom. The first-order chi connectivity index (χ1) is 4.38. The van der Waals surface area contributed by atoms with Crippen molar-refractivity contribution < 1.29 is 4.79 Å². The molecule has 0 spiro atoms. The Bertz CT molecular complexity index is 183. The van der Waals surface area contributed by atoms with Crippen molar-refractivity contribution in [1.82, 2.24) is 4.90 Å². The normalized spacial score (nSPS) is 28.6. The summed E-state index contributed by atoms with van der Waals surface area (Å²) < 4.78 is 0. The van der Waals surface area contributed by atoms with Crippen LogP contribution < -0.4 is 0 Å². The van der Waals surface area contributed by atoms with E-state index < -0.39 is 0 Å². The molecule has 0 aromatic heterocycles. The lowest BCUT2D eigenvalue weighted by Crippen LogP contribution is -2.48. The topological polar surface area (TPSA) is 20.3 Å². The summed E-state index contributed by atoms with van der Waals surface area (Å²) in [6.07, 6.45) is 4.67. The maximum absolute atomic E-state index is 10.7. The average molecular weight is 178 g/mol. The molecule has 2 rings (SSSR count). The number of hydrogen-bond donors (Lipinski definition) is 0. The molecule has 0 radical (unpaired) electrons. The quantitative estimate of drug-likeness (QED) is 0.519. The zero-order valence-electron chi connectivity index (χ0n) is 5.32. The Kier molecular flexibility index (Phi) is 2.26. The van der Waals surface area contributed by atoms with Crippen molar-refractivity contribution in [1.29, 1.82) is 0 Å². The van der Waals surface area contributed by atoms with Gasteiger partial charge in [0, 0.05) is 12.0 Å². The smallest absolute Gasteiger partial charge is 0.230 e. The van der Waals surface area contributed by atoms with Crippen LogP contribution in [0.1, 0.15) is 6.42 Å². The predicted molar refractivity (Wildman–Crippen MR) is 44.1 cm³/mol. The van der Waals surface area contributed by atoms with Gasteiger partial charge in [-0.1, -0.05) is 6.08 Å². The molecule has 0 aromatic rings. The lowest BCUT2D eigenvalue weighted by molar-refractivity contribution is -0.137. The molecule has 56 valence electrons. The van der Waals surface area contributed by atoms with Gasteiger partial charge in [-0.25, -0.2) is 0 Å². The van der Waals surface area contributed by atoms with E-state index in [0.717, 1.165) is 12.2 Å². The summed E-state index contributed by atoms with van der Waals surface area (Å²) >= 11 is 1.84. The van der Waals surface area contributed by atoms with E-state index in [9.17, 15) is 4.79 Å². The number of nitrogens with zero attached hydrogens (tertiary/aromatic N) is 1. The number of amides is 1. The largest absolute Gasteiger partial charge is 0.306 e. The number of rotatable bonds is 0. The van der Waals surface area contributed by atoms with Gasteiger partial charge in [0.15, 0.2) is 0 Å². The highest BCUT2D eigenvalue weighted by Gasteiger charge is 2.35. The molecular formula is C6H8ClNOS. The number of halogens is 1. The number of carbonyl (C=O) groups is 1. The van der Waals surface area contributed by atoms with Crippen molar-refractivity contribution in [3.8, 4) is 0 Å². The van der Waals surface area contributed by atoms with E-state index in [2.05, 4.69) is 0 Å². The van der Waals surface area contributed by atoms with Crippen molar-refractivity contribution in [3.63, 3.8) is 0 Å². The molecule has 1 atom stereocenters. The molecule has 0 unspecified atom stereocenters. The van der Waals surface area contributed by atoms with Crippen LogP contribution in [0.5, 0.6) is 0 Å². The molecule has 2 nitrogen and oxygen atoms in total. The maximum atomic E-state index is 10.7. The van der Waals surface area contributed by atoms with E-state index in [0.29, 0.717) is 5.37 Å². The van der Waals surface area contributed by atoms with Crippen LogP contribution in [0, 0.1) is 0 Å². The number of thioether (sulfide) groups is 1. The fraction of sp³-hybridized carbons (Fsp3) is 0.500. The van der Waals surface area contributed by atoms with Gasteiger partial charge in [-0.3, -0.25) is 4.79 Å². The van der Waals surface area contributed by atoms with Crippen molar-refractivity contribution in [2.45, 2.75) is 11.8 Å². The van der Waals surface area contributed by atoms with Gasteiger partial charge in [-0.05, 0) is 0 Å². The number of fused-ring (bicyclic) bond motifs is 1. The molecule has 1 fully saturated rings. The zero-order valence-corrected chi connectivity index (χ0v) is 6.95. The molecule has 2 aliphatic heterocycles. The Morgan fingerprint density at radius 1 is 1.70 bits per heavy atom. The molecule has 0 aliphatic carbocycles. The average Bonchev–Trinajstić information content (AvgIpc) is 1.86. The summed E-state index contributed by atoms with van der Waals surface area (Å²) in [4.78, 5) is 12.5. The summed E-state index contributed by atoms with van der Waals surface area (Å²) in [7, 11) is 0. The van der Waals surface area contributed by atoms with Crippen molar-refractivity contribution in [2.75, 3.05) is 5.75 Å². The monoisotopic (exact) mass is 177 g/mol. The van der Waals surface area contributed by atoms with E-state index in [1.165, 1.54) is 0 Å². The van der Waals surface area contributed by atoms with Crippen molar-refractivity contribution in [3.05, 3.63) is 12.3 Å². The molecule has 0 N–H and O–H groups in total. The first-order valence-corrected chi connectivity index (χ1v) is 4.02. The van der Waals surface area contributed by atoms with E-state index in [4.69, 9.17) is 0 Å². The van der Waals surface area contributed by atoms with Crippen molar-refractivity contribution >= 4 is 30.1 Å². The molecule has 0 bridgehead atoms. The zero-order chi connectivity index (χ0) is 6.27. The standard InChI is InChI=1S/C6H7NOS.ClH/c8-5-4-6-7(5)2-1-3-9-6;/h1-2,6H,3-4H2;1H/t6-;/m0./s1. The highest BCUT2D eigenvalue weighted by molar-refractivity contribution is 8.00. The summed E-state index contributed by atoms with van der Waals surface area (Å²) in [6.45, 7) is 0. The summed E-state index contributed by atoms with van der Waals surface area (Å²) in [5.74, 6) is 1.33. The van der Waals surface area contributed by atoms with E-state index in [-0.39, 0.29) is 18.3 Å². The van der Waals surface area contributed by atoms with Gasteiger partial charge in [0.2, 0.25) is 5.91 Å². The van der Waals surface area contributed by atoms with E-state index in [1.54, 1.807) is 4.90 Å². The lowest BCUT2D eigenvalue weighted by Gasteiger charge is -2.39. The van der Waals surface area contributed by atoms with Crippen LogP contribution in [0.3, 0.4) is 0 Å². The SMILES string of the molecule is Cl.O=C1C[C@@H]2SCC=CN12. The molecule has 0 aromatic carbocycles. The van der Waals surface area contributed by atoms with E-state index in [1.807, 2.05) is 24.0 Å². The van der Waals surface area contributed by atoms with Crippen LogP contribution in [0.4, 0.5) is 0 Å². The Morgan fingerprint density at radius 3 is 3.00 bits per heavy atom. The second-order valence-corrected chi connectivity index (χ2v) is 3.39. The van der Waals surface area contributed by atoms with Gasteiger partial charge in [-0.15, -0.1) is 24.2 Å². The van der Waals surface area contributed by atoms with Crippen LogP contribution in [-0.4, -0.2) is 21.9 Å². The maximum Gasteiger partial charge on any atom is 0.230 e. The first-order valence-electron chi connectivity index (χ1n) is 2.97. The molecule has 2 aliphatic rings. The van der Waals surface area contributed by atoms with Crippen LogP contribution in [0.2, 0.25) is 0 Å². The third-order valence-corrected chi connectivity index (χ3v) is 2.76. The molecule has 10 heavy (non-hydrogen) atoms. The molecule has 1 amide bonds. The third kappa shape index (κ3) is 1.04. The number of hydrogen-bond acceptors (Lipinski definition) is 2. The summed E-state index contributed by atoms with van der Waals surface area (Å²) in [5, 5.41) is 0.475. The Labute approximate surface area is 70.1 Å².